The quantitative estimate of drug-likeness (QED) is 0.926. The first-order valence-corrected chi connectivity index (χ1v) is 7.78. The Morgan fingerprint density at radius 1 is 1.17 bits per heavy atom. The van der Waals surface area contributed by atoms with Gasteiger partial charge in [0, 0.05) is 5.56 Å². The summed E-state index contributed by atoms with van der Waals surface area (Å²) in [6, 6.07) is 9.36. The van der Waals surface area contributed by atoms with Crippen LogP contribution < -0.4 is 0 Å². The highest BCUT2D eigenvalue weighted by molar-refractivity contribution is 5.51. The number of nitrogens with zero attached hydrogens (tertiary/aromatic N) is 3. The van der Waals surface area contributed by atoms with Crippen molar-refractivity contribution in [3.05, 3.63) is 36.2 Å². The largest absolute Gasteiger partial charge is 0.419 e. The Labute approximate surface area is 137 Å². The zero-order valence-corrected chi connectivity index (χ0v) is 12.9. The van der Waals surface area contributed by atoms with Gasteiger partial charge in [-0.3, -0.25) is 4.90 Å². The van der Waals surface area contributed by atoms with E-state index in [4.69, 9.17) is 4.42 Å². The fraction of sp³-hybridized carbons (Fsp3) is 0.500. The second-order valence-corrected chi connectivity index (χ2v) is 5.97. The lowest BCUT2D eigenvalue weighted by Crippen LogP contribution is -2.43. The van der Waals surface area contributed by atoms with E-state index in [9.17, 15) is 18.3 Å². The molecular weight excluding hydrogens is 323 g/mol. The van der Waals surface area contributed by atoms with Gasteiger partial charge in [-0.25, -0.2) is 0 Å². The minimum absolute atomic E-state index is 0.292. The maximum atomic E-state index is 12.5. The van der Waals surface area contributed by atoms with Gasteiger partial charge in [-0.2, -0.15) is 13.2 Å². The molecule has 1 atom stereocenters. The summed E-state index contributed by atoms with van der Waals surface area (Å²) in [4.78, 5) is 1.96. The van der Waals surface area contributed by atoms with Crippen LogP contribution in [0.15, 0.2) is 34.7 Å². The summed E-state index contributed by atoms with van der Waals surface area (Å²) in [6.07, 6.45) is -6.21. The summed E-state index contributed by atoms with van der Waals surface area (Å²) >= 11 is 0. The van der Waals surface area contributed by atoms with Crippen LogP contribution >= 0.6 is 0 Å². The molecule has 0 saturated carbocycles. The van der Waals surface area contributed by atoms with Gasteiger partial charge in [-0.15, -0.1) is 10.2 Å². The van der Waals surface area contributed by atoms with Crippen LogP contribution in [0.1, 0.15) is 18.7 Å². The van der Waals surface area contributed by atoms with Crippen molar-refractivity contribution in [1.82, 2.24) is 15.1 Å². The molecule has 0 radical (unpaired) electrons. The summed E-state index contributed by atoms with van der Waals surface area (Å²) in [5.41, 5.74) is 0.822. The number of aliphatic hydroxyl groups excluding tert-OH is 1. The lowest BCUT2D eigenvalue weighted by molar-refractivity contribution is -0.223. The van der Waals surface area contributed by atoms with Crippen LogP contribution in [0.3, 0.4) is 0 Å². The standard InChI is InChI=1S/C16H18F3N3O2/c17-16(18,19)14(23)11-6-8-22(9-7-11)10-13-20-21-15(24-13)12-4-2-1-3-5-12/h1-5,11,14,23H,6-10H2. The number of aliphatic hydroxyl groups is 1. The van der Waals surface area contributed by atoms with Crippen LogP contribution in [0.2, 0.25) is 0 Å². The van der Waals surface area contributed by atoms with Crippen molar-refractivity contribution >= 4 is 0 Å². The van der Waals surface area contributed by atoms with Crippen molar-refractivity contribution < 1.29 is 22.7 Å². The highest BCUT2D eigenvalue weighted by Gasteiger charge is 2.44. The van der Waals surface area contributed by atoms with E-state index >= 15 is 0 Å². The van der Waals surface area contributed by atoms with E-state index in [2.05, 4.69) is 10.2 Å². The van der Waals surface area contributed by atoms with Gasteiger partial charge in [0.15, 0.2) is 6.10 Å². The molecule has 1 aliphatic rings. The fourth-order valence-corrected chi connectivity index (χ4v) is 2.90. The van der Waals surface area contributed by atoms with Crippen molar-refractivity contribution in [2.45, 2.75) is 31.7 Å². The molecule has 1 N–H and O–H groups in total. The van der Waals surface area contributed by atoms with E-state index in [1.54, 1.807) is 0 Å². The van der Waals surface area contributed by atoms with Gasteiger partial charge in [0.25, 0.3) is 0 Å². The van der Waals surface area contributed by atoms with Crippen LogP contribution in [-0.2, 0) is 6.54 Å². The van der Waals surface area contributed by atoms with Crippen molar-refractivity contribution in [3.8, 4) is 11.5 Å². The van der Waals surface area contributed by atoms with E-state index in [-0.39, 0.29) is 0 Å². The predicted octanol–water partition coefficient (Wildman–Crippen LogP) is 2.87. The Bertz CT molecular complexity index is 652. The molecular formula is C16H18F3N3O2. The van der Waals surface area contributed by atoms with Crippen LogP contribution in [-0.4, -0.2) is 45.6 Å². The molecule has 1 aliphatic heterocycles. The molecule has 24 heavy (non-hydrogen) atoms. The Morgan fingerprint density at radius 3 is 2.46 bits per heavy atom. The summed E-state index contributed by atoms with van der Waals surface area (Å²) in [5.74, 6) is 0.112. The minimum atomic E-state index is -4.55. The summed E-state index contributed by atoms with van der Waals surface area (Å²) < 4.78 is 43.2. The van der Waals surface area contributed by atoms with Gasteiger partial charge in [-0.05, 0) is 44.0 Å². The van der Waals surface area contributed by atoms with Gasteiger partial charge < -0.3 is 9.52 Å². The van der Waals surface area contributed by atoms with E-state index in [1.165, 1.54) is 0 Å². The number of alkyl halides is 3. The van der Waals surface area contributed by atoms with Crippen LogP contribution in [0, 0.1) is 5.92 Å². The highest BCUT2D eigenvalue weighted by Crippen LogP contribution is 2.32. The number of benzene rings is 1. The summed E-state index contributed by atoms with van der Waals surface area (Å²) in [6.45, 7) is 1.32. The summed E-state index contributed by atoms with van der Waals surface area (Å²) in [7, 11) is 0. The molecule has 1 fully saturated rings. The van der Waals surface area contributed by atoms with Crippen molar-refractivity contribution in [2.24, 2.45) is 5.92 Å². The van der Waals surface area contributed by atoms with Crippen LogP contribution in [0.4, 0.5) is 13.2 Å². The first-order chi connectivity index (χ1) is 11.4. The number of rotatable bonds is 4. The number of aromatic nitrogens is 2. The Morgan fingerprint density at radius 2 is 1.83 bits per heavy atom. The minimum Gasteiger partial charge on any atom is -0.419 e. The number of likely N-dealkylation sites (tertiary alicyclic amines) is 1. The molecule has 2 heterocycles. The predicted molar refractivity (Wildman–Crippen MR) is 79.8 cm³/mol. The van der Waals surface area contributed by atoms with Gasteiger partial charge in [0.1, 0.15) is 0 Å². The number of hydrogen-bond donors (Lipinski definition) is 1. The smallest absolute Gasteiger partial charge is 0.414 e. The van der Waals surface area contributed by atoms with Gasteiger partial charge in [0.05, 0.1) is 6.54 Å². The highest BCUT2D eigenvalue weighted by atomic mass is 19.4. The van der Waals surface area contributed by atoms with Gasteiger partial charge in [-0.1, -0.05) is 18.2 Å². The second-order valence-electron chi connectivity index (χ2n) is 5.97. The van der Waals surface area contributed by atoms with E-state index < -0.39 is 18.2 Å². The van der Waals surface area contributed by atoms with Crippen LogP contribution in [0.25, 0.3) is 11.5 Å². The fourth-order valence-electron chi connectivity index (χ4n) is 2.90. The topological polar surface area (TPSA) is 62.4 Å². The third-order valence-electron chi connectivity index (χ3n) is 4.26. The summed E-state index contributed by atoms with van der Waals surface area (Å²) in [5, 5.41) is 17.3. The third-order valence-corrected chi connectivity index (χ3v) is 4.26. The Balaban J connectivity index is 1.55. The molecule has 3 rings (SSSR count). The number of hydrogen-bond acceptors (Lipinski definition) is 5. The van der Waals surface area contributed by atoms with Crippen molar-refractivity contribution in [2.75, 3.05) is 13.1 Å². The zero-order chi connectivity index (χ0) is 17.2. The van der Waals surface area contributed by atoms with E-state index in [0.29, 0.717) is 44.3 Å². The zero-order valence-electron chi connectivity index (χ0n) is 12.9. The molecule has 1 aromatic carbocycles. The maximum Gasteiger partial charge on any atom is 0.414 e. The monoisotopic (exact) mass is 341 g/mol. The normalized spacial score (nSPS) is 18.7. The molecule has 1 aromatic heterocycles. The van der Waals surface area contributed by atoms with Gasteiger partial charge >= 0.3 is 6.18 Å². The Kier molecular flexibility index (Phi) is 4.86. The van der Waals surface area contributed by atoms with Crippen molar-refractivity contribution in [1.29, 1.82) is 0 Å². The molecule has 2 aromatic rings. The average molecular weight is 341 g/mol. The van der Waals surface area contributed by atoms with E-state index in [1.807, 2.05) is 35.2 Å². The maximum absolute atomic E-state index is 12.5. The average Bonchev–Trinajstić information content (AvgIpc) is 3.03. The second kappa shape index (κ2) is 6.90. The molecule has 130 valence electrons. The first-order valence-electron chi connectivity index (χ1n) is 7.78. The molecule has 1 saturated heterocycles. The molecule has 0 spiro atoms. The molecule has 0 aliphatic carbocycles. The molecule has 8 heteroatoms. The van der Waals surface area contributed by atoms with Crippen LogP contribution in [0.5, 0.6) is 0 Å². The molecule has 5 nitrogen and oxygen atoms in total. The lowest BCUT2D eigenvalue weighted by Gasteiger charge is -2.33. The van der Waals surface area contributed by atoms with Gasteiger partial charge in [0.2, 0.25) is 11.8 Å². The number of halogens is 3. The lowest BCUT2D eigenvalue weighted by atomic mass is 9.91. The molecule has 1 unspecified atom stereocenters. The Hall–Kier alpha value is -1.93. The van der Waals surface area contributed by atoms with Crippen molar-refractivity contribution in [3.63, 3.8) is 0 Å². The third kappa shape index (κ3) is 3.93. The first kappa shape index (κ1) is 16.9. The SMILES string of the molecule is OC(C1CCN(Cc2nnc(-c3ccccc3)o2)CC1)C(F)(F)F. The number of piperidine rings is 1. The van der Waals surface area contributed by atoms with E-state index in [0.717, 1.165) is 5.56 Å². The molecule has 0 bridgehead atoms. The molecule has 0 amide bonds.